The van der Waals surface area contributed by atoms with Gasteiger partial charge in [-0.25, -0.2) is 0 Å². The molecule has 4 heteroatoms. The lowest BCUT2D eigenvalue weighted by Crippen LogP contribution is -1.91. The van der Waals surface area contributed by atoms with Crippen LogP contribution in [0.2, 0.25) is 0 Å². The van der Waals surface area contributed by atoms with E-state index in [4.69, 9.17) is 14.9 Å². The van der Waals surface area contributed by atoms with Gasteiger partial charge < -0.3 is 14.9 Å². The van der Waals surface area contributed by atoms with Gasteiger partial charge in [0, 0.05) is 0 Å². The lowest BCUT2D eigenvalue weighted by atomic mass is 10.3. The first-order valence-electron chi connectivity index (χ1n) is 4.09. The molecule has 0 bridgehead atoms. The minimum atomic E-state index is 0.169. The molecule has 0 saturated heterocycles. The topological polar surface area (TPSA) is 61.3 Å². The summed E-state index contributed by atoms with van der Waals surface area (Å²) in [7, 11) is 0. The summed E-state index contributed by atoms with van der Waals surface area (Å²) in [6.07, 6.45) is 0. The van der Waals surface area contributed by atoms with Crippen LogP contribution in [0.1, 0.15) is 6.92 Å². The monoisotopic (exact) mass is 178 g/mol. The summed E-state index contributed by atoms with van der Waals surface area (Å²) in [5.41, 5.74) is 6.76. The number of aromatic nitrogens is 1. The van der Waals surface area contributed by atoms with Crippen molar-refractivity contribution in [3.63, 3.8) is 0 Å². The van der Waals surface area contributed by atoms with Gasteiger partial charge in [0.2, 0.25) is 0 Å². The number of benzene rings is 1. The second-order valence-corrected chi connectivity index (χ2v) is 2.59. The van der Waals surface area contributed by atoms with E-state index in [1.54, 1.807) is 6.07 Å². The van der Waals surface area contributed by atoms with Gasteiger partial charge in [0.15, 0.2) is 11.1 Å². The van der Waals surface area contributed by atoms with Crippen molar-refractivity contribution in [1.29, 1.82) is 0 Å². The molecule has 0 saturated carbocycles. The molecule has 1 aromatic carbocycles. The average Bonchev–Trinajstić information content (AvgIpc) is 2.47. The molecule has 0 fully saturated rings. The summed E-state index contributed by atoms with van der Waals surface area (Å²) in [4.78, 5) is 4.02. The molecule has 0 aliphatic rings. The standard InChI is InChI=1S/C9H10N2O2/c1-2-12-6-4-3-5-7-8(6)11-9(10)13-7/h3-5H,2H2,1H3,(H2,10,11). The molecule has 1 aromatic heterocycles. The van der Waals surface area contributed by atoms with E-state index >= 15 is 0 Å². The Bertz CT molecular complexity index is 422. The zero-order valence-electron chi connectivity index (χ0n) is 7.28. The quantitative estimate of drug-likeness (QED) is 0.761. The first-order chi connectivity index (χ1) is 6.31. The number of rotatable bonds is 2. The number of ether oxygens (including phenoxy) is 1. The van der Waals surface area contributed by atoms with Crippen LogP contribution in [0.15, 0.2) is 22.6 Å². The van der Waals surface area contributed by atoms with Crippen LogP contribution in [-0.4, -0.2) is 11.6 Å². The Kier molecular flexibility index (Phi) is 1.81. The van der Waals surface area contributed by atoms with Crippen molar-refractivity contribution in [3.8, 4) is 5.75 Å². The third-order valence-electron chi connectivity index (χ3n) is 1.70. The van der Waals surface area contributed by atoms with Crippen LogP contribution in [-0.2, 0) is 0 Å². The smallest absolute Gasteiger partial charge is 0.293 e. The molecule has 0 radical (unpaired) electrons. The summed E-state index contributed by atoms with van der Waals surface area (Å²) in [6, 6.07) is 5.66. The van der Waals surface area contributed by atoms with Gasteiger partial charge in [-0.2, -0.15) is 4.98 Å². The van der Waals surface area contributed by atoms with Gasteiger partial charge >= 0.3 is 0 Å². The number of fused-ring (bicyclic) bond motifs is 1. The van der Waals surface area contributed by atoms with Gasteiger partial charge in [-0.05, 0) is 19.1 Å². The van der Waals surface area contributed by atoms with Gasteiger partial charge in [-0.3, -0.25) is 0 Å². The summed E-state index contributed by atoms with van der Waals surface area (Å²) in [6.45, 7) is 2.52. The van der Waals surface area contributed by atoms with Crippen LogP contribution in [0.25, 0.3) is 11.1 Å². The number of hydrogen-bond acceptors (Lipinski definition) is 4. The Morgan fingerprint density at radius 1 is 1.54 bits per heavy atom. The van der Waals surface area contributed by atoms with Crippen molar-refractivity contribution >= 4 is 17.1 Å². The highest BCUT2D eigenvalue weighted by Gasteiger charge is 2.07. The molecule has 0 unspecified atom stereocenters. The lowest BCUT2D eigenvalue weighted by Gasteiger charge is -2.00. The molecule has 0 atom stereocenters. The molecule has 68 valence electrons. The maximum Gasteiger partial charge on any atom is 0.293 e. The number of para-hydroxylation sites is 1. The fourth-order valence-corrected chi connectivity index (χ4v) is 1.21. The number of nitrogen functional groups attached to an aromatic ring is 1. The van der Waals surface area contributed by atoms with Crippen molar-refractivity contribution in [2.45, 2.75) is 6.92 Å². The summed E-state index contributed by atoms with van der Waals surface area (Å²) in [5.74, 6) is 0.709. The Balaban J connectivity index is 2.60. The number of anilines is 1. The van der Waals surface area contributed by atoms with Gasteiger partial charge in [-0.1, -0.05) is 6.07 Å². The number of nitrogens with zero attached hydrogens (tertiary/aromatic N) is 1. The predicted octanol–water partition coefficient (Wildman–Crippen LogP) is 1.81. The third-order valence-corrected chi connectivity index (χ3v) is 1.70. The minimum Gasteiger partial charge on any atom is -0.491 e. The molecule has 0 spiro atoms. The SMILES string of the molecule is CCOc1cccc2oc(N)nc12. The fraction of sp³-hybridized carbons (Fsp3) is 0.222. The second kappa shape index (κ2) is 2.97. The van der Waals surface area contributed by atoms with E-state index in [0.29, 0.717) is 23.5 Å². The first-order valence-corrected chi connectivity index (χ1v) is 4.09. The minimum absolute atomic E-state index is 0.169. The van der Waals surface area contributed by atoms with Crippen molar-refractivity contribution in [2.75, 3.05) is 12.3 Å². The van der Waals surface area contributed by atoms with Gasteiger partial charge in [0.1, 0.15) is 5.75 Å². The van der Waals surface area contributed by atoms with E-state index in [1.807, 2.05) is 19.1 Å². The summed E-state index contributed by atoms with van der Waals surface area (Å²) >= 11 is 0. The zero-order valence-corrected chi connectivity index (χ0v) is 7.28. The summed E-state index contributed by atoms with van der Waals surface area (Å²) in [5, 5.41) is 0. The summed E-state index contributed by atoms with van der Waals surface area (Å²) < 4.78 is 10.5. The zero-order chi connectivity index (χ0) is 9.26. The van der Waals surface area contributed by atoms with Crippen molar-refractivity contribution in [2.24, 2.45) is 0 Å². The van der Waals surface area contributed by atoms with E-state index in [1.165, 1.54) is 0 Å². The Morgan fingerprint density at radius 2 is 2.38 bits per heavy atom. The van der Waals surface area contributed by atoms with E-state index in [9.17, 15) is 0 Å². The Hall–Kier alpha value is -1.71. The highest BCUT2D eigenvalue weighted by atomic mass is 16.5. The molecule has 2 N–H and O–H groups in total. The maximum atomic E-state index is 5.42. The molecule has 4 nitrogen and oxygen atoms in total. The van der Waals surface area contributed by atoms with Crippen LogP contribution in [0.4, 0.5) is 6.01 Å². The van der Waals surface area contributed by atoms with Crippen molar-refractivity contribution < 1.29 is 9.15 Å². The predicted molar refractivity (Wildman–Crippen MR) is 49.6 cm³/mol. The molecule has 2 rings (SSSR count). The van der Waals surface area contributed by atoms with Crippen molar-refractivity contribution in [1.82, 2.24) is 4.98 Å². The molecular formula is C9H10N2O2. The molecular weight excluding hydrogens is 168 g/mol. The molecule has 2 aromatic rings. The molecule has 1 heterocycles. The normalized spacial score (nSPS) is 10.5. The highest BCUT2D eigenvalue weighted by Crippen LogP contribution is 2.26. The van der Waals surface area contributed by atoms with Gasteiger partial charge in [0.25, 0.3) is 6.01 Å². The number of hydrogen-bond donors (Lipinski definition) is 1. The highest BCUT2D eigenvalue weighted by molar-refractivity contribution is 5.80. The maximum absolute atomic E-state index is 5.42. The third kappa shape index (κ3) is 1.30. The molecule has 0 aliphatic carbocycles. The first kappa shape index (κ1) is 7.91. The number of oxazole rings is 1. The average molecular weight is 178 g/mol. The molecule has 0 aliphatic heterocycles. The van der Waals surface area contributed by atoms with E-state index in [-0.39, 0.29) is 6.01 Å². The molecule has 13 heavy (non-hydrogen) atoms. The Morgan fingerprint density at radius 3 is 3.15 bits per heavy atom. The largest absolute Gasteiger partial charge is 0.491 e. The van der Waals surface area contributed by atoms with Crippen LogP contribution >= 0.6 is 0 Å². The van der Waals surface area contributed by atoms with Crippen molar-refractivity contribution in [3.05, 3.63) is 18.2 Å². The van der Waals surface area contributed by atoms with E-state index < -0.39 is 0 Å². The lowest BCUT2D eigenvalue weighted by molar-refractivity contribution is 0.343. The van der Waals surface area contributed by atoms with Crippen LogP contribution in [0.5, 0.6) is 5.75 Å². The Labute approximate surface area is 75.3 Å². The second-order valence-electron chi connectivity index (χ2n) is 2.59. The fourth-order valence-electron chi connectivity index (χ4n) is 1.21. The van der Waals surface area contributed by atoms with Crippen LogP contribution < -0.4 is 10.5 Å². The van der Waals surface area contributed by atoms with Gasteiger partial charge in [0.05, 0.1) is 6.61 Å². The number of nitrogens with two attached hydrogens (primary N) is 1. The van der Waals surface area contributed by atoms with Crippen LogP contribution in [0.3, 0.4) is 0 Å². The van der Waals surface area contributed by atoms with E-state index in [0.717, 1.165) is 0 Å². The van der Waals surface area contributed by atoms with E-state index in [2.05, 4.69) is 4.98 Å². The molecule has 0 amide bonds. The van der Waals surface area contributed by atoms with Gasteiger partial charge in [-0.15, -0.1) is 0 Å². The van der Waals surface area contributed by atoms with Crippen LogP contribution in [0, 0.1) is 0 Å².